The second kappa shape index (κ2) is 5.95. The van der Waals surface area contributed by atoms with Gasteiger partial charge in [-0.25, -0.2) is 9.69 Å². The number of urea groups is 1. The van der Waals surface area contributed by atoms with Crippen LogP contribution in [-0.4, -0.2) is 47.0 Å². The van der Waals surface area contributed by atoms with Gasteiger partial charge in [0, 0.05) is 13.1 Å². The third-order valence-corrected chi connectivity index (χ3v) is 4.28. The highest BCUT2D eigenvalue weighted by Gasteiger charge is 2.56. The zero-order valence-corrected chi connectivity index (χ0v) is 14.0. The molecule has 0 aromatic heterocycles. The van der Waals surface area contributed by atoms with E-state index in [9.17, 15) is 9.59 Å². The highest BCUT2D eigenvalue weighted by atomic mass is 16.2. The lowest BCUT2D eigenvalue weighted by Gasteiger charge is -2.29. The molecule has 5 nitrogen and oxygen atoms in total. The Bertz CT molecular complexity index is 408. The van der Waals surface area contributed by atoms with Gasteiger partial charge < -0.3 is 5.32 Å². The molecule has 1 saturated heterocycles. The monoisotopic (exact) mass is 295 g/mol. The lowest BCUT2D eigenvalue weighted by Crippen LogP contribution is -2.48. The van der Waals surface area contributed by atoms with Crippen molar-refractivity contribution in [3.63, 3.8) is 0 Å². The molecule has 21 heavy (non-hydrogen) atoms. The van der Waals surface area contributed by atoms with Gasteiger partial charge in [0.25, 0.3) is 5.91 Å². The highest BCUT2D eigenvalue weighted by Crippen LogP contribution is 2.42. The van der Waals surface area contributed by atoms with Crippen LogP contribution in [0.5, 0.6) is 0 Å². The van der Waals surface area contributed by atoms with Crippen molar-refractivity contribution in [3.8, 4) is 0 Å². The summed E-state index contributed by atoms with van der Waals surface area (Å²) in [6.07, 6.45) is 2.08. The second-order valence-corrected chi connectivity index (χ2v) is 7.61. The van der Waals surface area contributed by atoms with Gasteiger partial charge in [-0.05, 0) is 37.5 Å². The summed E-state index contributed by atoms with van der Waals surface area (Å²) in [6.45, 7) is 12.7. The van der Waals surface area contributed by atoms with Crippen molar-refractivity contribution in [2.24, 2.45) is 17.8 Å². The molecule has 0 bridgehead atoms. The first-order valence-electron chi connectivity index (χ1n) is 8.10. The molecule has 1 aliphatic heterocycles. The molecule has 0 aromatic carbocycles. The summed E-state index contributed by atoms with van der Waals surface area (Å²) in [5.41, 5.74) is -0.668. The first-order chi connectivity index (χ1) is 9.74. The van der Waals surface area contributed by atoms with Crippen LogP contribution < -0.4 is 5.32 Å². The Labute approximate surface area is 128 Å². The van der Waals surface area contributed by atoms with Crippen LogP contribution in [0.3, 0.4) is 0 Å². The fourth-order valence-electron chi connectivity index (χ4n) is 3.20. The van der Waals surface area contributed by atoms with E-state index in [4.69, 9.17) is 0 Å². The minimum atomic E-state index is -0.668. The molecule has 120 valence electrons. The average molecular weight is 295 g/mol. The zero-order valence-electron chi connectivity index (χ0n) is 14.0. The van der Waals surface area contributed by atoms with Gasteiger partial charge in [0.1, 0.15) is 5.54 Å². The predicted octanol–water partition coefficient (Wildman–Crippen LogP) is 2.28. The van der Waals surface area contributed by atoms with E-state index in [2.05, 4.69) is 37.9 Å². The number of nitrogens with one attached hydrogen (secondary N) is 1. The molecule has 1 saturated carbocycles. The van der Waals surface area contributed by atoms with Gasteiger partial charge in [-0.3, -0.25) is 9.69 Å². The Morgan fingerprint density at radius 2 is 1.71 bits per heavy atom. The number of hydrogen-bond acceptors (Lipinski definition) is 3. The molecule has 3 amide bonds. The van der Waals surface area contributed by atoms with Gasteiger partial charge in [0.2, 0.25) is 0 Å². The van der Waals surface area contributed by atoms with Crippen molar-refractivity contribution in [1.29, 1.82) is 0 Å². The van der Waals surface area contributed by atoms with E-state index in [1.165, 1.54) is 4.90 Å². The molecular formula is C16H29N3O2. The van der Waals surface area contributed by atoms with E-state index >= 15 is 0 Å². The number of carbonyl (C=O) groups is 2. The molecule has 2 fully saturated rings. The fourth-order valence-corrected chi connectivity index (χ4v) is 3.20. The number of amides is 3. The molecule has 0 unspecified atom stereocenters. The molecule has 1 N–H and O–H groups in total. The van der Waals surface area contributed by atoms with Crippen molar-refractivity contribution in [2.75, 3.05) is 19.8 Å². The molecule has 1 heterocycles. The third-order valence-electron chi connectivity index (χ3n) is 4.28. The van der Waals surface area contributed by atoms with Crippen molar-refractivity contribution in [1.82, 2.24) is 15.1 Å². The minimum absolute atomic E-state index is 0.0486. The van der Waals surface area contributed by atoms with Crippen LogP contribution in [0, 0.1) is 17.8 Å². The normalized spacial score (nSPS) is 26.4. The first-order valence-corrected chi connectivity index (χ1v) is 8.10. The number of imide groups is 1. The SMILES string of the molecule is CC(C)CN(CC(C)C)CN1C(=O)N[C@](C)(C2CC2)C1=O. The summed E-state index contributed by atoms with van der Waals surface area (Å²) >= 11 is 0. The summed E-state index contributed by atoms with van der Waals surface area (Å²) in [4.78, 5) is 28.5. The van der Waals surface area contributed by atoms with Crippen molar-refractivity contribution >= 4 is 11.9 Å². The fraction of sp³-hybridized carbons (Fsp3) is 0.875. The molecule has 1 atom stereocenters. The van der Waals surface area contributed by atoms with Gasteiger partial charge in [-0.1, -0.05) is 27.7 Å². The standard InChI is InChI=1S/C16H29N3O2/c1-11(2)8-18(9-12(3)4)10-19-14(20)16(5,13-6-7-13)17-15(19)21/h11-13H,6-10H2,1-5H3,(H,17,21)/t16-/m1/s1. The first kappa shape index (κ1) is 16.3. The maximum absolute atomic E-state index is 12.6. The molecule has 0 radical (unpaired) electrons. The zero-order chi connectivity index (χ0) is 15.8. The maximum Gasteiger partial charge on any atom is 0.326 e. The van der Waals surface area contributed by atoms with E-state index in [-0.39, 0.29) is 11.9 Å². The Balaban J connectivity index is 2.05. The molecule has 0 aromatic rings. The topological polar surface area (TPSA) is 52.6 Å². The van der Waals surface area contributed by atoms with Crippen LogP contribution >= 0.6 is 0 Å². The van der Waals surface area contributed by atoms with Crippen molar-refractivity contribution < 1.29 is 9.59 Å². The minimum Gasteiger partial charge on any atom is -0.323 e. The molecule has 2 rings (SSSR count). The molecule has 1 aliphatic carbocycles. The summed E-state index contributed by atoms with van der Waals surface area (Å²) in [6, 6.07) is -0.230. The third kappa shape index (κ3) is 3.57. The quantitative estimate of drug-likeness (QED) is 0.733. The van der Waals surface area contributed by atoms with E-state index in [1.807, 2.05) is 6.92 Å². The largest absolute Gasteiger partial charge is 0.326 e. The van der Waals surface area contributed by atoms with Crippen molar-refractivity contribution in [3.05, 3.63) is 0 Å². The number of nitrogens with zero attached hydrogens (tertiary/aromatic N) is 2. The maximum atomic E-state index is 12.6. The van der Waals surface area contributed by atoms with Gasteiger partial charge in [-0.15, -0.1) is 0 Å². The van der Waals surface area contributed by atoms with Crippen LogP contribution in [0.2, 0.25) is 0 Å². The smallest absolute Gasteiger partial charge is 0.323 e. The van der Waals surface area contributed by atoms with Crippen LogP contribution in [0.15, 0.2) is 0 Å². The summed E-state index contributed by atoms with van der Waals surface area (Å²) in [5.74, 6) is 1.30. The molecule has 5 heteroatoms. The van der Waals surface area contributed by atoms with Gasteiger partial charge in [-0.2, -0.15) is 0 Å². The summed E-state index contributed by atoms with van der Waals surface area (Å²) in [7, 11) is 0. The lowest BCUT2D eigenvalue weighted by molar-refractivity contribution is -0.133. The van der Waals surface area contributed by atoms with E-state index in [0.29, 0.717) is 24.4 Å². The Hall–Kier alpha value is -1.10. The van der Waals surface area contributed by atoms with Gasteiger partial charge >= 0.3 is 6.03 Å². The van der Waals surface area contributed by atoms with Crippen LogP contribution in [-0.2, 0) is 4.79 Å². The van der Waals surface area contributed by atoms with Gasteiger partial charge in [0.15, 0.2) is 0 Å². The number of carbonyl (C=O) groups excluding carboxylic acids is 2. The summed E-state index contributed by atoms with van der Waals surface area (Å²) in [5, 5.41) is 2.91. The molecule has 2 aliphatic rings. The molecule has 0 spiro atoms. The molecular weight excluding hydrogens is 266 g/mol. The van der Waals surface area contributed by atoms with Crippen LogP contribution in [0.25, 0.3) is 0 Å². The average Bonchev–Trinajstić information content (AvgIpc) is 3.14. The summed E-state index contributed by atoms with van der Waals surface area (Å²) < 4.78 is 0. The Morgan fingerprint density at radius 1 is 1.19 bits per heavy atom. The van der Waals surface area contributed by atoms with Crippen LogP contribution in [0.4, 0.5) is 4.79 Å². The number of hydrogen-bond donors (Lipinski definition) is 1. The second-order valence-electron chi connectivity index (χ2n) is 7.61. The predicted molar refractivity (Wildman–Crippen MR) is 82.6 cm³/mol. The lowest BCUT2D eigenvalue weighted by atomic mass is 9.96. The Kier molecular flexibility index (Phi) is 4.61. The van der Waals surface area contributed by atoms with Gasteiger partial charge in [0.05, 0.1) is 6.67 Å². The van der Waals surface area contributed by atoms with Crippen LogP contribution in [0.1, 0.15) is 47.5 Å². The van der Waals surface area contributed by atoms with E-state index < -0.39 is 5.54 Å². The van der Waals surface area contributed by atoms with Crippen molar-refractivity contribution in [2.45, 2.75) is 53.0 Å². The highest BCUT2D eigenvalue weighted by molar-refractivity contribution is 6.07. The Morgan fingerprint density at radius 3 is 2.14 bits per heavy atom. The van der Waals surface area contributed by atoms with E-state index in [1.54, 1.807) is 0 Å². The number of rotatable bonds is 7. The van der Waals surface area contributed by atoms with E-state index in [0.717, 1.165) is 25.9 Å².